The largest absolute Gasteiger partial charge is 0.309 e. The molecule has 0 heterocycles. The summed E-state index contributed by atoms with van der Waals surface area (Å²) in [6, 6.07) is 13.4. The third-order valence-corrected chi connectivity index (χ3v) is 3.43. The van der Waals surface area contributed by atoms with Gasteiger partial charge in [0.25, 0.3) is 0 Å². The van der Waals surface area contributed by atoms with E-state index in [1.807, 2.05) is 13.0 Å². The topological polar surface area (TPSA) is 12.0 Å². The van der Waals surface area contributed by atoms with Crippen molar-refractivity contribution in [2.75, 3.05) is 0 Å². The minimum atomic E-state index is -0.169. The average Bonchev–Trinajstić information content (AvgIpc) is 2.42. The van der Waals surface area contributed by atoms with E-state index < -0.39 is 0 Å². The standard InChI is InChI=1S/C17H20FN/c1-3-14-6-4-5-7-16(14)12-19-11-15-8-9-17(18)10-13(15)2/h4-10,19H,3,11-12H2,1-2H3. The fourth-order valence-corrected chi connectivity index (χ4v) is 2.26. The van der Waals surface area contributed by atoms with Gasteiger partial charge < -0.3 is 5.32 Å². The number of halogens is 1. The molecule has 0 spiro atoms. The Hall–Kier alpha value is -1.67. The van der Waals surface area contributed by atoms with Crippen LogP contribution in [0.5, 0.6) is 0 Å². The Labute approximate surface area is 114 Å². The van der Waals surface area contributed by atoms with Gasteiger partial charge in [-0.2, -0.15) is 0 Å². The highest BCUT2D eigenvalue weighted by Crippen LogP contribution is 2.12. The zero-order chi connectivity index (χ0) is 13.7. The van der Waals surface area contributed by atoms with Crippen LogP contribution < -0.4 is 5.32 Å². The van der Waals surface area contributed by atoms with Crippen molar-refractivity contribution in [1.82, 2.24) is 5.32 Å². The molecule has 2 heteroatoms. The molecule has 1 N–H and O–H groups in total. The van der Waals surface area contributed by atoms with Gasteiger partial charge in [0.15, 0.2) is 0 Å². The molecule has 0 unspecified atom stereocenters. The predicted molar refractivity (Wildman–Crippen MR) is 77.5 cm³/mol. The molecule has 0 aliphatic heterocycles. The summed E-state index contributed by atoms with van der Waals surface area (Å²) in [5, 5.41) is 3.43. The Kier molecular flexibility index (Phi) is 4.69. The lowest BCUT2D eigenvalue weighted by Crippen LogP contribution is -2.14. The molecule has 0 aliphatic rings. The van der Waals surface area contributed by atoms with Gasteiger partial charge in [-0.25, -0.2) is 4.39 Å². The average molecular weight is 257 g/mol. The third-order valence-electron chi connectivity index (χ3n) is 3.43. The summed E-state index contributed by atoms with van der Waals surface area (Å²) in [5.74, 6) is -0.169. The van der Waals surface area contributed by atoms with E-state index in [1.54, 1.807) is 6.07 Å². The summed E-state index contributed by atoms with van der Waals surface area (Å²) in [4.78, 5) is 0. The van der Waals surface area contributed by atoms with Crippen LogP contribution in [0.15, 0.2) is 42.5 Å². The lowest BCUT2D eigenvalue weighted by Gasteiger charge is -2.10. The van der Waals surface area contributed by atoms with Crippen LogP contribution in [-0.4, -0.2) is 0 Å². The van der Waals surface area contributed by atoms with Crippen molar-refractivity contribution < 1.29 is 4.39 Å². The van der Waals surface area contributed by atoms with E-state index in [0.29, 0.717) is 0 Å². The molecule has 19 heavy (non-hydrogen) atoms. The zero-order valence-corrected chi connectivity index (χ0v) is 11.5. The summed E-state index contributed by atoms with van der Waals surface area (Å²) >= 11 is 0. The van der Waals surface area contributed by atoms with Crippen LogP contribution in [0.4, 0.5) is 4.39 Å². The number of hydrogen-bond acceptors (Lipinski definition) is 1. The maximum Gasteiger partial charge on any atom is 0.123 e. The zero-order valence-electron chi connectivity index (χ0n) is 11.5. The van der Waals surface area contributed by atoms with Gasteiger partial charge in [-0.15, -0.1) is 0 Å². The molecule has 0 fully saturated rings. The van der Waals surface area contributed by atoms with E-state index in [-0.39, 0.29) is 5.82 Å². The van der Waals surface area contributed by atoms with E-state index in [1.165, 1.54) is 17.2 Å². The van der Waals surface area contributed by atoms with Crippen LogP contribution in [0.25, 0.3) is 0 Å². The van der Waals surface area contributed by atoms with E-state index in [2.05, 4.69) is 36.5 Å². The van der Waals surface area contributed by atoms with Gasteiger partial charge in [-0.05, 0) is 47.7 Å². The van der Waals surface area contributed by atoms with Crippen LogP contribution >= 0.6 is 0 Å². The molecule has 0 aromatic heterocycles. The van der Waals surface area contributed by atoms with Gasteiger partial charge in [-0.1, -0.05) is 37.3 Å². The van der Waals surface area contributed by atoms with E-state index in [4.69, 9.17) is 0 Å². The molecule has 2 aromatic carbocycles. The summed E-state index contributed by atoms with van der Waals surface area (Å²) in [6.07, 6.45) is 1.05. The van der Waals surface area contributed by atoms with Gasteiger partial charge in [-0.3, -0.25) is 0 Å². The Morgan fingerprint density at radius 1 is 0.947 bits per heavy atom. The van der Waals surface area contributed by atoms with Crippen molar-refractivity contribution in [3.05, 3.63) is 70.5 Å². The normalized spacial score (nSPS) is 10.7. The molecule has 0 saturated carbocycles. The molecule has 0 radical (unpaired) electrons. The van der Waals surface area contributed by atoms with Crippen LogP contribution in [0.2, 0.25) is 0 Å². The molecule has 0 atom stereocenters. The first-order chi connectivity index (χ1) is 9.20. The Bertz CT molecular complexity index is 549. The van der Waals surface area contributed by atoms with Crippen molar-refractivity contribution >= 4 is 0 Å². The van der Waals surface area contributed by atoms with Gasteiger partial charge in [0.2, 0.25) is 0 Å². The maximum atomic E-state index is 13.0. The van der Waals surface area contributed by atoms with Crippen molar-refractivity contribution in [3.8, 4) is 0 Å². The van der Waals surface area contributed by atoms with Gasteiger partial charge in [0, 0.05) is 13.1 Å². The Morgan fingerprint density at radius 2 is 1.63 bits per heavy atom. The summed E-state index contributed by atoms with van der Waals surface area (Å²) in [6.45, 7) is 5.73. The molecular formula is C17H20FN. The van der Waals surface area contributed by atoms with Crippen LogP contribution in [0.3, 0.4) is 0 Å². The number of aryl methyl sites for hydroxylation is 2. The second kappa shape index (κ2) is 6.48. The fraction of sp³-hybridized carbons (Fsp3) is 0.294. The second-order valence-electron chi connectivity index (χ2n) is 4.80. The summed E-state index contributed by atoms with van der Waals surface area (Å²) in [7, 11) is 0. The molecule has 0 amide bonds. The minimum absolute atomic E-state index is 0.169. The van der Waals surface area contributed by atoms with Crippen LogP contribution in [0, 0.1) is 12.7 Å². The van der Waals surface area contributed by atoms with Gasteiger partial charge >= 0.3 is 0 Å². The lowest BCUT2D eigenvalue weighted by atomic mass is 10.0. The third kappa shape index (κ3) is 3.65. The Balaban J connectivity index is 1.96. The highest BCUT2D eigenvalue weighted by atomic mass is 19.1. The lowest BCUT2D eigenvalue weighted by molar-refractivity contribution is 0.622. The van der Waals surface area contributed by atoms with Gasteiger partial charge in [0.05, 0.1) is 0 Å². The number of hydrogen-bond donors (Lipinski definition) is 1. The van der Waals surface area contributed by atoms with Crippen LogP contribution in [-0.2, 0) is 19.5 Å². The summed E-state index contributed by atoms with van der Waals surface area (Å²) < 4.78 is 13.0. The predicted octanol–water partition coefficient (Wildman–Crippen LogP) is 3.99. The fourth-order valence-electron chi connectivity index (χ4n) is 2.26. The van der Waals surface area contributed by atoms with Crippen molar-refractivity contribution in [1.29, 1.82) is 0 Å². The number of rotatable bonds is 5. The van der Waals surface area contributed by atoms with Crippen molar-refractivity contribution in [3.63, 3.8) is 0 Å². The first-order valence-electron chi connectivity index (χ1n) is 6.73. The molecule has 2 rings (SSSR count). The molecular weight excluding hydrogens is 237 g/mol. The SMILES string of the molecule is CCc1ccccc1CNCc1ccc(F)cc1C. The van der Waals surface area contributed by atoms with Gasteiger partial charge in [0.1, 0.15) is 5.82 Å². The van der Waals surface area contributed by atoms with Crippen molar-refractivity contribution in [2.45, 2.75) is 33.4 Å². The van der Waals surface area contributed by atoms with E-state index >= 15 is 0 Å². The minimum Gasteiger partial charge on any atom is -0.309 e. The smallest absolute Gasteiger partial charge is 0.123 e. The first-order valence-corrected chi connectivity index (χ1v) is 6.73. The molecule has 0 bridgehead atoms. The van der Waals surface area contributed by atoms with E-state index in [0.717, 1.165) is 30.6 Å². The molecule has 0 saturated heterocycles. The van der Waals surface area contributed by atoms with E-state index in [9.17, 15) is 4.39 Å². The quantitative estimate of drug-likeness (QED) is 0.854. The van der Waals surface area contributed by atoms with Crippen LogP contribution in [0.1, 0.15) is 29.2 Å². The molecule has 2 aromatic rings. The number of nitrogens with one attached hydrogen (secondary N) is 1. The summed E-state index contributed by atoms with van der Waals surface area (Å²) in [5.41, 5.74) is 4.86. The number of benzene rings is 2. The second-order valence-corrected chi connectivity index (χ2v) is 4.80. The highest BCUT2D eigenvalue weighted by Gasteiger charge is 2.02. The Morgan fingerprint density at radius 3 is 2.32 bits per heavy atom. The van der Waals surface area contributed by atoms with Crippen molar-refractivity contribution in [2.24, 2.45) is 0 Å². The monoisotopic (exact) mass is 257 g/mol. The first kappa shape index (κ1) is 13.8. The molecule has 1 nitrogen and oxygen atoms in total. The highest BCUT2D eigenvalue weighted by molar-refractivity contribution is 5.28. The molecule has 100 valence electrons. The molecule has 0 aliphatic carbocycles. The maximum absolute atomic E-state index is 13.0.